The highest BCUT2D eigenvalue weighted by atomic mass is 35.5. The van der Waals surface area contributed by atoms with E-state index >= 15 is 0 Å². The SMILES string of the molecule is COc1ccc(-n2nc(C(C)(C)C)cc2NC(=O)Nc2ccc(Oc3ccnc(NC(=O)ON4CC[C@H](N(C)C)C4)c3)c(Cl)c2Cl)cc1. The highest BCUT2D eigenvalue weighted by molar-refractivity contribution is 6.45. The van der Waals surface area contributed by atoms with Crippen LogP contribution in [0.15, 0.2) is 60.8 Å². The fourth-order valence-corrected chi connectivity index (χ4v) is 5.27. The van der Waals surface area contributed by atoms with Crippen molar-refractivity contribution in [1.82, 2.24) is 24.7 Å². The Labute approximate surface area is 289 Å². The van der Waals surface area contributed by atoms with Gasteiger partial charge in [0.2, 0.25) is 0 Å². The van der Waals surface area contributed by atoms with Gasteiger partial charge >= 0.3 is 12.1 Å². The standard InChI is InChI=1S/C33H38Cl2N8O5/c1-33(2,3)26-18-28(43(40-26)20-7-9-22(46-6)10-8-20)39-31(44)37-24-11-12-25(30(35)29(24)34)47-23-13-15-36-27(17-23)38-32(45)48-42-16-14-21(19-42)41(4)5/h7-13,15,17-18,21H,14,16,19H2,1-6H3,(H,36,38,45)(H2,37,39,44)/t21-/m0/s1. The molecule has 0 saturated carbocycles. The number of nitrogens with one attached hydrogen (secondary N) is 3. The van der Waals surface area contributed by atoms with Crippen molar-refractivity contribution in [2.24, 2.45) is 0 Å². The number of hydrogen-bond donors (Lipinski definition) is 3. The minimum Gasteiger partial charge on any atom is -0.497 e. The summed E-state index contributed by atoms with van der Waals surface area (Å²) in [7, 11) is 5.58. The first-order valence-corrected chi connectivity index (χ1v) is 15.9. The van der Waals surface area contributed by atoms with Crippen molar-refractivity contribution >= 4 is 52.6 Å². The molecular formula is C33H38Cl2N8O5. The zero-order chi connectivity index (χ0) is 34.6. The monoisotopic (exact) mass is 696 g/mol. The predicted octanol–water partition coefficient (Wildman–Crippen LogP) is 7.42. The zero-order valence-electron chi connectivity index (χ0n) is 27.5. The second-order valence-corrected chi connectivity index (χ2v) is 13.1. The summed E-state index contributed by atoms with van der Waals surface area (Å²) in [6, 6.07) is 15.2. The van der Waals surface area contributed by atoms with Crippen LogP contribution in [0.4, 0.5) is 26.9 Å². The number of carbonyl (C=O) groups is 2. The Hall–Kier alpha value is -4.56. The third-order valence-corrected chi connectivity index (χ3v) is 8.45. The molecule has 15 heteroatoms. The van der Waals surface area contributed by atoms with Crippen LogP contribution in [0.5, 0.6) is 17.2 Å². The number of hydrogen-bond acceptors (Lipinski definition) is 9. The van der Waals surface area contributed by atoms with E-state index in [1.54, 1.807) is 35.1 Å². The quantitative estimate of drug-likeness (QED) is 0.163. The molecule has 5 rings (SSSR count). The van der Waals surface area contributed by atoms with E-state index in [-0.39, 0.29) is 32.7 Å². The summed E-state index contributed by atoms with van der Waals surface area (Å²) in [5.41, 5.74) is 1.51. The van der Waals surface area contributed by atoms with E-state index in [1.165, 1.54) is 12.3 Å². The van der Waals surface area contributed by atoms with Gasteiger partial charge in [0.15, 0.2) is 0 Å². The Morgan fingerprint density at radius 3 is 2.38 bits per heavy atom. The van der Waals surface area contributed by atoms with Crippen LogP contribution in [0.3, 0.4) is 0 Å². The Morgan fingerprint density at radius 1 is 0.958 bits per heavy atom. The molecule has 1 aliphatic rings. The highest BCUT2D eigenvalue weighted by Gasteiger charge is 2.27. The van der Waals surface area contributed by atoms with E-state index in [4.69, 9.17) is 42.6 Å². The smallest absolute Gasteiger partial charge is 0.431 e. The second-order valence-electron chi connectivity index (χ2n) is 12.4. The summed E-state index contributed by atoms with van der Waals surface area (Å²) >= 11 is 13.1. The number of halogens is 2. The third-order valence-electron chi connectivity index (χ3n) is 7.59. The van der Waals surface area contributed by atoms with Crippen molar-refractivity contribution in [3.05, 3.63) is 76.5 Å². The van der Waals surface area contributed by atoms with E-state index in [0.717, 1.165) is 17.8 Å². The van der Waals surface area contributed by atoms with Gasteiger partial charge in [-0.2, -0.15) is 5.10 Å². The number of carbonyl (C=O) groups excluding carboxylic acids is 2. The Morgan fingerprint density at radius 2 is 1.71 bits per heavy atom. The molecule has 254 valence electrons. The van der Waals surface area contributed by atoms with Crippen LogP contribution in [-0.2, 0) is 10.3 Å². The fraction of sp³-hybridized carbons (Fsp3) is 0.333. The van der Waals surface area contributed by atoms with Crippen molar-refractivity contribution in [3.8, 4) is 22.9 Å². The maximum atomic E-state index is 13.2. The molecule has 3 N–H and O–H groups in total. The number of likely N-dealkylation sites (N-methyl/N-ethyl adjacent to an activating group) is 1. The van der Waals surface area contributed by atoms with Gasteiger partial charge in [0.25, 0.3) is 0 Å². The van der Waals surface area contributed by atoms with Crippen LogP contribution in [-0.4, -0.2) is 77.2 Å². The molecule has 3 heterocycles. The summed E-state index contributed by atoms with van der Waals surface area (Å²) in [6.45, 7) is 7.38. The molecule has 0 bridgehead atoms. The molecule has 4 aromatic rings. The van der Waals surface area contributed by atoms with Crippen LogP contribution in [0.2, 0.25) is 10.0 Å². The van der Waals surface area contributed by atoms with E-state index in [9.17, 15) is 9.59 Å². The van der Waals surface area contributed by atoms with Gasteiger partial charge in [-0.25, -0.2) is 19.3 Å². The van der Waals surface area contributed by atoms with Gasteiger partial charge in [-0.05, 0) is 63.0 Å². The van der Waals surface area contributed by atoms with Crippen LogP contribution in [0, 0.1) is 0 Å². The van der Waals surface area contributed by atoms with E-state index < -0.39 is 12.1 Å². The Kier molecular flexibility index (Phi) is 10.6. The van der Waals surface area contributed by atoms with Crippen molar-refractivity contribution < 1.29 is 23.9 Å². The van der Waals surface area contributed by atoms with Gasteiger partial charge < -0.3 is 24.5 Å². The molecular weight excluding hydrogens is 659 g/mol. The van der Waals surface area contributed by atoms with Gasteiger partial charge in [-0.3, -0.25) is 10.6 Å². The third kappa shape index (κ3) is 8.47. The topological polar surface area (TPSA) is 135 Å². The number of pyridine rings is 1. The number of aromatic nitrogens is 3. The van der Waals surface area contributed by atoms with Crippen LogP contribution in [0.25, 0.3) is 5.69 Å². The van der Waals surface area contributed by atoms with Crippen molar-refractivity contribution in [3.63, 3.8) is 0 Å². The summed E-state index contributed by atoms with van der Waals surface area (Å²) in [5, 5.41) is 14.7. The molecule has 2 aromatic heterocycles. The highest BCUT2D eigenvalue weighted by Crippen LogP contribution is 2.40. The molecule has 0 aliphatic carbocycles. The predicted molar refractivity (Wildman–Crippen MR) is 186 cm³/mol. The summed E-state index contributed by atoms with van der Waals surface area (Å²) in [6.07, 6.45) is 1.72. The molecule has 1 aliphatic heterocycles. The lowest BCUT2D eigenvalue weighted by molar-refractivity contribution is -0.0775. The number of hydroxylamine groups is 2. The van der Waals surface area contributed by atoms with Gasteiger partial charge in [0, 0.05) is 36.3 Å². The van der Waals surface area contributed by atoms with E-state index in [2.05, 4.69) is 25.8 Å². The fourth-order valence-electron chi connectivity index (χ4n) is 4.86. The van der Waals surface area contributed by atoms with E-state index in [1.807, 2.05) is 65.2 Å². The number of ether oxygens (including phenoxy) is 2. The molecule has 0 unspecified atom stereocenters. The van der Waals surface area contributed by atoms with Gasteiger partial charge in [0.05, 0.1) is 35.7 Å². The number of methoxy groups -OCH3 is 1. The average molecular weight is 698 g/mol. The molecule has 1 atom stereocenters. The average Bonchev–Trinajstić information content (AvgIpc) is 3.69. The lowest BCUT2D eigenvalue weighted by atomic mass is 9.92. The number of anilines is 3. The Balaban J connectivity index is 1.24. The molecule has 48 heavy (non-hydrogen) atoms. The molecule has 3 amide bonds. The second kappa shape index (κ2) is 14.7. The number of benzene rings is 2. The van der Waals surface area contributed by atoms with E-state index in [0.29, 0.717) is 36.4 Å². The van der Waals surface area contributed by atoms with Gasteiger partial charge in [-0.15, -0.1) is 5.06 Å². The molecule has 0 spiro atoms. The minimum absolute atomic E-state index is 0.0704. The normalized spacial score (nSPS) is 14.9. The molecule has 1 fully saturated rings. The van der Waals surface area contributed by atoms with Crippen LogP contribution >= 0.6 is 23.2 Å². The van der Waals surface area contributed by atoms with Crippen molar-refractivity contribution in [1.29, 1.82) is 0 Å². The summed E-state index contributed by atoms with van der Waals surface area (Å²) < 4.78 is 12.9. The lowest BCUT2D eigenvalue weighted by Gasteiger charge is -2.19. The van der Waals surface area contributed by atoms with Crippen molar-refractivity contribution in [2.75, 3.05) is 50.2 Å². The molecule has 13 nitrogen and oxygen atoms in total. The van der Waals surface area contributed by atoms with Crippen LogP contribution in [0.1, 0.15) is 32.9 Å². The Bertz CT molecular complexity index is 1770. The molecule has 1 saturated heterocycles. The van der Waals surface area contributed by atoms with Gasteiger partial charge in [-0.1, -0.05) is 44.0 Å². The number of rotatable bonds is 9. The lowest BCUT2D eigenvalue weighted by Crippen LogP contribution is -2.33. The summed E-state index contributed by atoms with van der Waals surface area (Å²) in [5.74, 6) is 1.94. The first-order valence-electron chi connectivity index (χ1n) is 15.2. The number of nitrogens with zero attached hydrogens (tertiary/aromatic N) is 5. The minimum atomic E-state index is -0.657. The maximum absolute atomic E-state index is 13.2. The summed E-state index contributed by atoms with van der Waals surface area (Å²) in [4.78, 5) is 37.3. The van der Waals surface area contributed by atoms with Gasteiger partial charge in [0.1, 0.15) is 33.9 Å². The maximum Gasteiger partial charge on any atom is 0.431 e. The van der Waals surface area contributed by atoms with Crippen LogP contribution < -0.4 is 25.4 Å². The first kappa shape index (κ1) is 34.8. The molecule has 0 radical (unpaired) electrons. The zero-order valence-corrected chi connectivity index (χ0v) is 29.0. The van der Waals surface area contributed by atoms with Crippen molar-refractivity contribution in [2.45, 2.75) is 38.6 Å². The number of amides is 3. The number of urea groups is 1. The molecule has 2 aromatic carbocycles. The first-order chi connectivity index (χ1) is 22.8. The largest absolute Gasteiger partial charge is 0.497 e.